The lowest BCUT2D eigenvalue weighted by Gasteiger charge is -2.58. The summed E-state index contributed by atoms with van der Waals surface area (Å²) in [6.45, 7) is 6.86. The number of hydrogen-bond donors (Lipinski definition) is 1. The van der Waals surface area contributed by atoms with Crippen molar-refractivity contribution in [3.63, 3.8) is 0 Å². The van der Waals surface area contributed by atoms with Gasteiger partial charge in [-0.25, -0.2) is 0 Å². The molecule has 24 heavy (non-hydrogen) atoms. The Kier molecular flexibility index (Phi) is 3.99. The molecule has 0 unspecified atom stereocenters. The Morgan fingerprint density at radius 3 is 2.62 bits per heavy atom. The van der Waals surface area contributed by atoms with Crippen LogP contribution in [0.15, 0.2) is 11.6 Å². The van der Waals surface area contributed by atoms with Crippen molar-refractivity contribution in [3.8, 4) is 0 Å². The van der Waals surface area contributed by atoms with Crippen LogP contribution in [0.4, 0.5) is 0 Å². The minimum absolute atomic E-state index is 0.289. The Morgan fingerprint density at radius 2 is 1.92 bits per heavy atom. The van der Waals surface area contributed by atoms with Gasteiger partial charge in [0.2, 0.25) is 0 Å². The lowest BCUT2D eigenvalue weighted by atomic mass is 9.47. The molecule has 0 heterocycles. The maximum atomic E-state index is 12.2. The van der Waals surface area contributed by atoms with Crippen molar-refractivity contribution in [1.82, 2.24) is 5.32 Å². The highest BCUT2D eigenvalue weighted by molar-refractivity contribution is 5.79. The summed E-state index contributed by atoms with van der Waals surface area (Å²) in [5, 5.41) is 3.51. The number of fused-ring (bicyclic) bond motifs is 5. The third-order valence-electron chi connectivity index (χ3n) is 9.00. The number of carbonyl (C=O) groups excluding carboxylic acids is 1. The predicted molar refractivity (Wildman–Crippen MR) is 98.7 cm³/mol. The molecule has 134 valence electrons. The Hall–Kier alpha value is -0.630. The SMILES string of the molecule is CN[C@H]1CC[C@@]2(C)C(=CC[C@H]3[C@@H]4CC[C@H](C(C)=O)[C@@]4(C)CC[C@@H]32)C1. The van der Waals surface area contributed by atoms with Gasteiger partial charge in [-0.2, -0.15) is 0 Å². The first-order valence-corrected chi connectivity index (χ1v) is 10.3. The maximum absolute atomic E-state index is 12.2. The van der Waals surface area contributed by atoms with Gasteiger partial charge < -0.3 is 5.32 Å². The van der Waals surface area contributed by atoms with Crippen LogP contribution < -0.4 is 5.32 Å². The molecule has 0 spiro atoms. The zero-order valence-electron chi connectivity index (χ0n) is 16.0. The maximum Gasteiger partial charge on any atom is 0.133 e. The molecule has 3 fully saturated rings. The first kappa shape index (κ1) is 16.8. The van der Waals surface area contributed by atoms with E-state index >= 15 is 0 Å². The Balaban J connectivity index is 1.63. The zero-order valence-corrected chi connectivity index (χ0v) is 16.0. The number of Topliss-reactive ketones (excluding diaryl/α,β-unsaturated/α-hetero) is 1. The molecule has 0 aromatic carbocycles. The number of rotatable bonds is 2. The molecule has 4 rings (SSSR count). The summed E-state index contributed by atoms with van der Waals surface area (Å²) in [5.74, 6) is 3.25. The number of carbonyl (C=O) groups is 1. The Morgan fingerprint density at radius 1 is 1.12 bits per heavy atom. The van der Waals surface area contributed by atoms with Crippen molar-refractivity contribution in [3.05, 3.63) is 11.6 Å². The molecule has 4 aliphatic rings. The minimum Gasteiger partial charge on any atom is -0.317 e. The van der Waals surface area contributed by atoms with Crippen LogP contribution in [0.1, 0.15) is 72.1 Å². The van der Waals surface area contributed by atoms with E-state index in [0.717, 1.165) is 24.2 Å². The summed E-state index contributed by atoms with van der Waals surface area (Å²) in [6, 6.07) is 0.684. The summed E-state index contributed by atoms with van der Waals surface area (Å²) in [6.07, 6.45) is 12.9. The van der Waals surface area contributed by atoms with E-state index in [0.29, 0.717) is 23.2 Å². The first-order valence-electron chi connectivity index (χ1n) is 10.3. The molecule has 0 aromatic rings. The Labute approximate surface area is 147 Å². The number of nitrogens with one attached hydrogen (secondary N) is 1. The van der Waals surface area contributed by atoms with E-state index in [2.05, 4.69) is 32.3 Å². The third-order valence-corrected chi connectivity index (χ3v) is 9.00. The normalized spacial score (nSPS) is 50.5. The van der Waals surface area contributed by atoms with Crippen LogP contribution in [-0.2, 0) is 4.79 Å². The van der Waals surface area contributed by atoms with Crippen LogP contribution in [0.25, 0.3) is 0 Å². The molecule has 0 radical (unpaired) electrons. The van der Waals surface area contributed by atoms with E-state index in [4.69, 9.17) is 0 Å². The van der Waals surface area contributed by atoms with Crippen LogP contribution in [0.5, 0.6) is 0 Å². The second-order valence-electron chi connectivity index (χ2n) is 9.77. The van der Waals surface area contributed by atoms with Gasteiger partial charge in [0, 0.05) is 12.0 Å². The second-order valence-corrected chi connectivity index (χ2v) is 9.77. The molecule has 7 atom stereocenters. The second kappa shape index (κ2) is 5.69. The van der Waals surface area contributed by atoms with Crippen LogP contribution in [0.2, 0.25) is 0 Å². The standard InChI is InChI=1S/C22H35NO/c1-14(24)18-7-8-19-17-6-5-15-13-16(23-4)9-11-21(15,2)20(17)10-12-22(18,19)3/h5,16-20,23H,6-13H2,1-4H3/t16-,17-,18+,19-,20-,21-,22+/m0/s1. The summed E-state index contributed by atoms with van der Waals surface area (Å²) in [4.78, 5) is 12.2. The zero-order chi connectivity index (χ0) is 17.1. The van der Waals surface area contributed by atoms with Gasteiger partial charge in [-0.05, 0) is 93.9 Å². The van der Waals surface area contributed by atoms with E-state index in [1.807, 2.05) is 6.92 Å². The molecule has 2 heteroatoms. The van der Waals surface area contributed by atoms with Crippen molar-refractivity contribution < 1.29 is 4.79 Å². The molecule has 4 aliphatic carbocycles. The summed E-state index contributed by atoms with van der Waals surface area (Å²) < 4.78 is 0. The van der Waals surface area contributed by atoms with Crippen LogP contribution >= 0.6 is 0 Å². The molecule has 2 nitrogen and oxygen atoms in total. The van der Waals surface area contributed by atoms with Gasteiger partial charge in [-0.3, -0.25) is 4.79 Å². The fourth-order valence-electron chi connectivity index (χ4n) is 7.58. The molecule has 0 aromatic heterocycles. The van der Waals surface area contributed by atoms with Gasteiger partial charge in [0.15, 0.2) is 0 Å². The predicted octanol–water partition coefficient (Wildman–Crippen LogP) is 4.74. The average molecular weight is 330 g/mol. The van der Waals surface area contributed by atoms with Gasteiger partial charge in [0.05, 0.1) is 0 Å². The van der Waals surface area contributed by atoms with Gasteiger partial charge >= 0.3 is 0 Å². The summed E-state index contributed by atoms with van der Waals surface area (Å²) in [5.41, 5.74) is 2.47. The molecule has 1 N–H and O–H groups in total. The molecule has 0 bridgehead atoms. The van der Waals surface area contributed by atoms with Crippen molar-refractivity contribution in [1.29, 1.82) is 0 Å². The summed E-state index contributed by atoms with van der Waals surface area (Å²) in [7, 11) is 2.12. The molecule has 0 amide bonds. The molecule has 0 aliphatic heterocycles. The van der Waals surface area contributed by atoms with Crippen LogP contribution in [0, 0.1) is 34.5 Å². The highest BCUT2D eigenvalue weighted by Crippen LogP contribution is 2.66. The van der Waals surface area contributed by atoms with E-state index in [9.17, 15) is 4.79 Å². The topological polar surface area (TPSA) is 29.1 Å². The van der Waals surface area contributed by atoms with Gasteiger partial charge in [0.1, 0.15) is 5.78 Å². The monoisotopic (exact) mass is 329 g/mol. The highest BCUT2D eigenvalue weighted by Gasteiger charge is 2.59. The van der Waals surface area contributed by atoms with E-state index in [1.54, 1.807) is 5.57 Å². The molecule has 0 saturated heterocycles. The molecular formula is C22H35NO. The fourth-order valence-corrected chi connectivity index (χ4v) is 7.58. The van der Waals surface area contributed by atoms with Gasteiger partial charge in [-0.1, -0.05) is 25.5 Å². The van der Waals surface area contributed by atoms with Crippen molar-refractivity contribution in [2.45, 2.75) is 78.2 Å². The minimum atomic E-state index is 0.289. The largest absolute Gasteiger partial charge is 0.317 e. The average Bonchev–Trinajstić information content (AvgIpc) is 2.91. The quantitative estimate of drug-likeness (QED) is 0.741. The van der Waals surface area contributed by atoms with Crippen LogP contribution in [0.3, 0.4) is 0 Å². The highest BCUT2D eigenvalue weighted by atomic mass is 16.1. The van der Waals surface area contributed by atoms with Crippen molar-refractivity contribution in [2.75, 3.05) is 7.05 Å². The van der Waals surface area contributed by atoms with Crippen LogP contribution in [-0.4, -0.2) is 18.9 Å². The van der Waals surface area contributed by atoms with Gasteiger partial charge in [-0.15, -0.1) is 0 Å². The number of allylic oxidation sites excluding steroid dienone is 1. The number of ketones is 1. The van der Waals surface area contributed by atoms with E-state index in [1.165, 1.54) is 44.9 Å². The van der Waals surface area contributed by atoms with Crippen molar-refractivity contribution in [2.24, 2.45) is 34.5 Å². The lowest BCUT2D eigenvalue weighted by Crippen LogP contribution is -2.51. The van der Waals surface area contributed by atoms with E-state index < -0.39 is 0 Å². The third kappa shape index (κ3) is 2.21. The van der Waals surface area contributed by atoms with Crippen molar-refractivity contribution >= 4 is 5.78 Å². The molecule has 3 saturated carbocycles. The first-order chi connectivity index (χ1) is 11.4. The fraction of sp³-hybridized carbons (Fsp3) is 0.864. The summed E-state index contributed by atoms with van der Waals surface area (Å²) >= 11 is 0. The number of hydrogen-bond acceptors (Lipinski definition) is 2. The molecular weight excluding hydrogens is 294 g/mol. The van der Waals surface area contributed by atoms with Gasteiger partial charge in [0.25, 0.3) is 0 Å². The smallest absolute Gasteiger partial charge is 0.133 e. The Bertz CT molecular complexity index is 566. The lowest BCUT2D eigenvalue weighted by molar-refractivity contribution is -0.127. The van der Waals surface area contributed by atoms with E-state index in [-0.39, 0.29) is 5.41 Å².